The zero-order valence-electron chi connectivity index (χ0n) is 19.6. The van der Waals surface area contributed by atoms with E-state index in [0.717, 1.165) is 45.7 Å². The number of carbonyl (C=O) groups is 2. The molecule has 1 atom stereocenters. The van der Waals surface area contributed by atoms with E-state index >= 15 is 0 Å². The quantitative estimate of drug-likeness (QED) is 0.498. The van der Waals surface area contributed by atoms with Crippen LogP contribution in [0.4, 0.5) is 11.4 Å². The van der Waals surface area contributed by atoms with Gasteiger partial charge in [-0.2, -0.15) is 0 Å². The van der Waals surface area contributed by atoms with Crippen molar-refractivity contribution in [2.75, 3.05) is 57.3 Å². The maximum Gasteiger partial charge on any atom is 0.242 e. The Morgan fingerprint density at radius 3 is 2.47 bits per heavy atom. The highest BCUT2D eigenvalue weighted by Crippen LogP contribution is 2.48. The van der Waals surface area contributed by atoms with Crippen LogP contribution in [0, 0.1) is 6.92 Å². The number of primary amides is 1. The van der Waals surface area contributed by atoms with Crippen LogP contribution in [0.1, 0.15) is 12.0 Å². The molecule has 4 rings (SSSR count). The molecule has 9 heteroatoms. The van der Waals surface area contributed by atoms with E-state index in [2.05, 4.69) is 69.4 Å². The maximum absolute atomic E-state index is 12.1. The molecule has 0 aromatic heterocycles. The fourth-order valence-electron chi connectivity index (χ4n) is 4.45. The van der Waals surface area contributed by atoms with Crippen molar-refractivity contribution in [1.82, 2.24) is 15.1 Å². The number of nitrogens with two attached hydrogens (primary N) is 1. The van der Waals surface area contributed by atoms with Crippen molar-refractivity contribution in [1.29, 1.82) is 0 Å². The number of nitrogens with zero attached hydrogens (tertiary/aromatic N) is 3. The zero-order chi connectivity index (χ0) is 24.1. The minimum absolute atomic E-state index is 0.204. The van der Waals surface area contributed by atoms with E-state index in [0.29, 0.717) is 0 Å². The normalized spacial score (nSPS) is 17.1. The van der Waals surface area contributed by atoms with Crippen LogP contribution >= 0.6 is 11.8 Å². The lowest BCUT2D eigenvalue weighted by Crippen LogP contribution is -2.53. The highest BCUT2D eigenvalue weighted by atomic mass is 32.2. The number of benzene rings is 2. The second kappa shape index (κ2) is 11.2. The van der Waals surface area contributed by atoms with Gasteiger partial charge in [0.25, 0.3) is 0 Å². The Hall–Kier alpha value is -2.59. The van der Waals surface area contributed by atoms with E-state index in [-0.39, 0.29) is 12.5 Å². The van der Waals surface area contributed by atoms with Gasteiger partial charge in [0.2, 0.25) is 11.8 Å². The third-order valence-electron chi connectivity index (χ3n) is 6.33. The van der Waals surface area contributed by atoms with Crippen LogP contribution in [0.15, 0.2) is 52.3 Å². The molecule has 182 valence electrons. The Morgan fingerprint density at radius 2 is 1.74 bits per heavy atom. The van der Waals surface area contributed by atoms with Gasteiger partial charge in [-0.05, 0) is 49.7 Å². The fourth-order valence-corrected chi connectivity index (χ4v) is 5.53. The molecule has 1 fully saturated rings. The first-order valence-corrected chi connectivity index (χ1v) is 12.6. The third-order valence-corrected chi connectivity index (χ3v) is 7.46. The first kappa shape index (κ1) is 24.5. The number of nitrogens with one attached hydrogen (secondary N) is 1. The van der Waals surface area contributed by atoms with Gasteiger partial charge in [-0.25, -0.2) is 0 Å². The van der Waals surface area contributed by atoms with Crippen molar-refractivity contribution in [3.63, 3.8) is 0 Å². The minimum Gasteiger partial charge on any atom is -0.394 e. The number of aliphatic hydroxyl groups is 1. The van der Waals surface area contributed by atoms with Gasteiger partial charge in [0, 0.05) is 42.5 Å². The van der Waals surface area contributed by atoms with Crippen molar-refractivity contribution < 1.29 is 14.7 Å². The van der Waals surface area contributed by atoms with E-state index in [1.807, 2.05) is 11.8 Å². The molecule has 2 aliphatic heterocycles. The summed E-state index contributed by atoms with van der Waals surface area (Å²) < 4.78 is 0. The maximum atomic E-state index is 12.1. The highest BCUT2D eigenvalue weighted by Gasteiger charge is 2.24. The molecule has 0 saturated carbocycles. The number of rotatable bonds is 9. The van der Waals surface area contributed by atoms with Crippen LogP contribution in [0.25, 0.3) is 0 Å². The minimum atomic E-state index is -1.03. The molecule has 0 aliphatic carbocycles. The number of hydrogen-bond acceptors (Lipinski definition) is 7. The molecule has 0 unspecified atom stereocenters. The topological polar surface area (TPSA) is 102 Å². The summed E-state index contributed by atoms with van der Waals surface area (Å²) in [6.45, 7) is 7.19. The molecular formula is C25H33N5O3S. The molecule has 2 heterocycles. The number of piperazine rings is 1. The predicted octanol–water partition coefficient (Wildman–Crippen LogP) is 1.57. The van der Waals surface area contributed by atoms with Crippen molar-refractivity contribution in [3.8, 4) is 0 Å². The molecule has 2 aromatic rings. The zero-order valence-corrected chi connectivity index (χ0v) is 20.4. The predicted molar refractivity (Wildman–Crippen MR) is 134 cm³/mol. The average Bonchev–Trinajstić information content (AvgIpc) is 2.83. The van der Waals surface area contributed by atoms with Crippen molar-refractivity contribution >= 4 is 35.0 Å². The molecule has 8 nitrogen and oxygen atoms in total. The highest BCUT2D eigenvalue weighted by molar-refractivity contribution is 7.99. The van der Waals surface area contributed by atoms with E-state index in [9.17, 15) is 9.59 Å². The van der Waals surface area contributed by atoms with Crippen LogP contribution in [0.2, 0.25) is 0 Å². The third kappa shape index (κ3) is 5.90. The molecule has 4 N–H and O–H groups in total. The van der Waals surface area contributed by atoms with Gasteiger partial charge in [-0.1, -0.05) is 30.0 Å². The fraction of sp³-hybridized carbons (Fsp3) is 0.440. The Kier molecular flexibility index (Phi) is 8.10. The Balaban J connectivity index is 1.27. The van der Waals surface area contributed by atoms with E-state index < -0.39 is 18.6 Å². The van der Waals surface area contributed by atoms with E-state index in [1.54, 1.807) is 0 Å². The van der Waals surface area contributed by atoms with Gasteiger partial charge in [-0.3, -0.25) is 14.5 Å². The van der Waals surface area contributed by atoms with Crippen LogP contribution in [0.3, 0.4) is 0 Å². The van der Waals surface area contributed by atoms with Gasteiger partial charge in [0.05, 0.1) is 24.5 Å². The smallest absolute Gasteiger partial charge is 0.242 e. The molecule has 2 aromatic carbocycles. The molecule has 0 spiro atoms. The van der Waals surface area contributed by atoms with Crippen molar-refractivity contribution in [3.05, 3.63) is 48.0 Å². The van der Waals surface area contributed by atoms with E-state index in [1.165, 1.54) is 26.7 Å². The number of carbonyl (C=O) groups excluding carboxylic acids is 2. The van der Waals surface area contributed by atoms with Crippen LogP contribution in [0.5, 0.6) is 0 Å². The molecule has 2 amide bonds. The second-order valence-corrected chi connectivity index (χ2v) is 9.95. The monoisotopic (exact) mass is 483 g/mol. The number of fused-ring (bicyclic) bond motifs is 2. The number of para-hydroxylation sites is 1. The van der Waals surface area contributed by atoms with E-state index in [4.69, 9.17) is 10.8 Å². The van der Waals surface area contributed by atoms with Gasteiger partial charge < -0.3 is 26.0 Å². The van der Waals surface area contributed by atoms with Gasteiger partial charge >= 0.3 is 0 Å². The van der Waals surface area contributed by atoms with Crippen LogP contribution in [-0.4, -0.2) is 85.2 Å². The molecular weight excluding hydrogens is 450 g/mol. The summed E-state index contributed by atoms with van der Waals surface area (Å²) in [6, 6.07) is 14.3. The molecule has 1 saturated heterocycles. The Morgan fingerprint density at radius 1 is 1.03 bits per heavy atom. The SMILES string of the molecule is Cc1ccc2c(c1)N(CCCN1CCN(CC(=O)N[C@@H](CO)C(N)=O)CC1)c1ccccc1S2. The summed E-state index contributed by atoms with van der Waals surface area (Å²) in [5.41, 5.74) is 9.00. The first-order chi connectivity index (χ1) is 16.4. The second-order valence-electron chi connectivity index (χ2n) is 8.87. The largest absolute Gasteiger partial charge is 0.394 e. The number of aliphatic hydroxyl groups excluding tert-OH is 1. The van der Waals surface area contributed by atoms with Crippen LogP contribution < -0.4 is 16.0 Å². The molecule has 0 bridgehead atoms. The molecule has 0 radical (unpaired) electrons. The van der Waals surface area contributed by atoms with Gasteiger partial charge in [-0.15, -0.1) is 0 Å². The summed E-state index contributed by atoms with van der Waals surface area (Å²) in [5.74, 6) is -1.02. The standard InChI is InChI=1S/C25H33N5O3S/c1-18-7-8-23-21(15-18)30(20-5-2-3-6-22(20)34-23)10-4-9-28-11-13-29(14-12-28)16-24(32)27-19(17-31)25(26)33/h2-3,5-8,15,19,31H,4,9-14,16-17H2,1H3,(H2,26,33)(H,27,32)/t19-/m0/s1. The lowest BCUT2D eigenvalue weighted by molar-refractivity contribution is -0.129. The summed E-state index contributed by atoms with van der Waals surface area (Å²) in [7, 11) is 0. The van der Waals surface area contributed by atoms with Crippen LogP contribution in [-0.2, 0) is 9.59 Å². The number of aryl methyl sites for hydroxylation is 1. The Bertz CT molecular complexity index is 1030. The number of hydrogen-bond donors (Lipinski definition) is 3. The Labute approximate surface area is 205 Å². The van der Waals surface area contributed by atoms with Gasteiger partial charge in [0.15, 0.2) is 0 Å². The number of amides is 2. The van der Waals surface area contributed by atoms with Gasteiger partial charge in [0.1, 0.15) is 6.04 Å². The van der Waals surface area contributed by atoms with Crippen molar-refractivity contribution in [2.24, 2.45) is 5.73 Å². The number of anilines is 2. The van der Waals surface area contributed by atoms with Crippen molar-refractivity contribution in [2.45, 2.75) is 29.2 Å². The summed E-state index contributed by atoms with van der Waals surface area (Å²) in [4.78, 5) is 32.9. The average molecular weight is 484 g/mol. The summed E-state index contributed by atoms with van der Waals surface area (Å²) >= 11 is 1.84. The molecule has 34 heavy (non-hydrogen) atoms. The summed E-state index contributed by atoms with van der Waals surface area (Å²) in [6.07, 6.45) is 1.05. The lowest BCUT2D eigenvalue weighted by atomic mass is 10.1. The first-order valence-electron chi connectivity index (χ1n) is 11.7. The molecule has 2 aliphatic rings. The lowest BCUT2D eigenvalue weighted by Gasteiger charge is -2.36. The summed E-state index contributed by atoms with van der Waals surface area (Å²) in [5, 5.41) is 11.6.